The van der Waals surface area contributed by atoms with Crippen molar-refractivity contribution < 1.29 is 19.2 Å². The van der Waals surface area contributed by atoms with Crippen LogP contribution in [-0.4, -0.2) is 62.9 Å². The van der Waals surface area contributed by atoms with E-state index in [9.17, 15) is 19.2 Å². The van der Waals surface area contributed by atoms with Crippen molar-refractivity contribution in [1.82, 2.24) is 10.6 Å². The summed E-state index contributed by atoms with van der Waals surface area (Å²) in [6.07, 6.45) is 4.22. The van der Waals surface area contributed by atoms with Crippen LogP contribution in [0.15, 0.2) is 50.6 Å². The van der Waals surface area contributed by atoms with E-state index in [4.69, 9.17) is 11.5 Å². The number of nitrogens with one attached hydrogen (secondary N) is 2. The lowest BCUT2D eigenvalue weighted by Gasteiger charge is -2.03. The quantitative estimate of drug-likeness (QED) is 0.121. The van der Waals surface area contributed by atoms with Gasteiger partial charge >= 0.3 is 0 Å². The zero-order valence-corrected chi connectivity index (χ0v) is 17.5. The highest BCUT2D eigenvalue weighted by atomic mass is 16.2. The maximum Gasteiger partial charge on any atom is 0.240 e. The predicted octanol–water partition coefficient (Wildman–Crippen LogP) is -3.29. The number of primary amides is 4. The van der Waals surface area contributed by atoms with Crippen LogP contribution in [0.1, 0.15) is 0 Å². The van der Waals surface area contributed by atoms with Crippen molar-refractivity contribution in [3.8, 4) is 0 Å². The molecule has 0 aromatic rings. The van der Waals surface area contributed by atoms with Gasteiger partial charge in [0.1, 0.15) is 0 Å². The standard InChI is InChI=1S/C6H18N4.4C3H5NO/c7-1-3-9-5-6-10-4-2-8;4*1-2-3(4)5/h9-10H,1-8H2;4*2H,1H2,(H2,4,5). The second-order valence-corrected chi connectivity index (χ2v) is 4.50. The van der Waals surface area contributed by atoms with Crippen LogP contribution in [0.2, 0.25) is 0 Å². The summed E-state index contributed by atoms with van der Waals surface area (Å²) < 4.78 is 0. The molecule has 0 fully saturated rings. The molecule has 0 unspecified atom stereocenters. The predicted molar refractivity (Wildman–Crippen MR) is 121 cm³/mol. The molecule has 0 rings (SSSR count). The first-order valence-corrected chi connectivity index (χ1v) is 8.49. The number of carbonyl (C=O) groups is 4. The first-order valence-electron chi connectivity index (χ1n) is 8.49. The van der Waals surface area contributed by atoms with Gasteiger partial charge in [0.15, 0.2) is 0 Å². The van der Waals surface area contributed by atoms with Gasteiger partial charge in [-0.05, 0) is 24.3 Å². The van der Waals surface area contributed by atoms with Gasteiger partial charge in [0, 0.05) is 39.3 Å². The van der Waals surface area contributed by atoms with Gasteiger partial charge in [-0.2, -0.15) is 0 Å². The number of carbonyl (C=O) groups excluding carboxylic acids is 4. The second-order valence-electron chi connectivity index (χ2n) is 4.50. The van der Waals surface area contributed by atoms with Crippen LogP contribution in [0.5, 0.6) is 0 Å². The van der Waals surface area contributed by atoms with Crippen LogP contribution in [0.25, 0.3) is 0 Å². The number of nitrogens with two attached hydrogens (primary N) is 6. The molecule has 0 saturated carbocycles. The van der Waals surface area contributed by atoms with Crippen molar-refractivity contribution in [3.05, 3.63) is 50.6 Å². The molecule has 0 atom stereocenters. The lowest BCUT2D eigenvalue weighted by atomic mass is 10.5. The Morgan fingerprint density at radius 2 is 0.700 bits per heavy atom. The molecule has 0 saturated heterocycles. The van der Waals surface area contributed by atoms with Gasteiger partial charge in [-0.3, -0.25) is 19.2 Å². The summed E-state index contributed by atoms with van der Waals surface area (Å²) in [5.41, 5.74) is 28.7. The molecule has 174 valence electrons. The van der Waals surface area contributed by atoms with E-state index in [-0.39, 0.29) is 0 Å². The molecule has 0 radical (unpaired) electrons. The van der Waals surface area contributed by atoms with Crippen molar-refractivity contribution in [1.29, 1.82) is 0 Å². The molecule has 0 aliphatic rings. The molecule has 12 heteroatoms. The third kappa shape index (κ3) is 101. The van der Waals surface area contributed by atoms with Crippen molar-refractivity contribution >= 4 is 23.6 Å². The summed E-state index contributed by atoms with van der Waals surface area (Å²) >= 11 is 0. The van der Waals surface area contributed by atoms with E-state index >= 15 is 0 Å². The highest BCUT2D eigenvalue weighted by molar-refractivity contribution is 5.85. The van der Waals surface area contributed by atoms with E-state index in [2.05, 4.69) is 59.9 Å². The molecule has 12 nitrogen and oxygen atoms in total. The van der Waals surface area contributed by atoms with Gasteiger partial charge in [0.05, 0.1) is 0 Å². The van der Waals surface area contributed by atoms with Crippen molar-refractivity contribution in [2.75, 3.05) is 39.3 Å². The van der Waals surface area contributed by atoms with E-state index in [0.29, 0.717) is 13.1 Å². The zero-order chi connectivity index (χ0) is 24.8. The Morgan fingerprint density at radius 3 is 0.800 bits per heavy atom. The molecule has 0 bridgehead atoms. The molecule has 14 N–H and O–H groups in total. The lowest BCUT2D eigenvalue weighted by molar-refractivity contribution is -0.114. The molecule has 0 spiro atoms. The summed E-state index contributed by atoms with van der Waals surface area (Å²) in [7, 11) is 0. The summed E-state index contributed by atoms with van der Waals surface area (Å²) in [4.78, 5) is 37.9. The van der Waals surface area contributed by atoms with Crippen LogP contribution in [0.4, 0.5) is 0 Å². The molecular weight excluding hydrogens is 392 g/mol. The molecule has 0 aliphatic heterocycles. The summed E-state index contributed by atoms with van der Waals surface area (Å²) in [5.74, 6) is -1.93. The van der Waals surface area contributed by atoms with Crippen LogP contribution in [0.3, 0.4) is 0 Å². The van der Waals surface area contributed by atoms with Gasteiger partial charge in [0.25, 0.3) is 0 Å². The van der Waals surface area contributed by atoms with Gasteiger partial charge in [-0.25, -0.2) is 0 Å². The first kappa shape index (κ1) is 37.4. The number of hydrogen-bond acceptors (Lipinski definition) is 8. The molecule has 30 heavy (non-hydrogen) atoms. The summed E-state index contributed by atoms with van der Waals surface area (Å²) in [6, 6.07) is 0. The average Bonchev–Trinajstić information content (AvgIpc) is 2.72. The van der Waals surface area contributed by atoms with Crippen molar-refractivity contribution in [2.24, 2.45) is 34.4 Å². The molecule has 0 aliphatic carbocycles. The minimum atomic E-state index is -0.481. The second kappa shape index (κ2) is 36.6. The number of hydrogen-bond donors (Lipinski definition) is 8. The Balaban J connectivity index is -0.0000000908. The maximum atomic E-state index is 9.47. The van der Waals surface area contributed by atoms with Crippen molar-refractivity contribution in [3.63, 3.8) is 0 Å². The van der Waals surface area contributed by atoms with E-state index in [1.54, 1.807) is 0 Å². The fourth-order valence-electron chi connectivity index (χ4n) is 0.631. The fraction of sp³-hybridized carbons (Fsp3) is 0.333. The highest BCUT2D eigenvalue weighted by Gasteiger charge is 1.83. The van der Waals surface area contributed by atoms with Crippen LogP contribution >= 0.6 is 0 Å². The Bertz CT molecular complexity index is 417. The van der Waals surface area contributed by atoms with Gasteiger partial charge in [-0.15, -0.1) is 0 Å². The Kier molecular flexibility index (Phi) is 45.6. The number of rotatable bonds is 11. The monoisotopic (exact) mass is 430 g/mol. The molecule has 0 aromatic carbocycles. The zero-order valence-electron chi connectivity index (χ0n) is 17.5. The Hall–Kier alpha value is -3.32. The van der Waals surface area contributed by atoms with Crippen molar-refractivity contribution in [2.45, 2.75) is 0 Å². The van der Waals surface area contributed by atoms with Crippen LogP contribution < -0.4 is 45.0 Å². The van der Waals surface area contributed by atoms with Crippen LogP contribution in [-0.2, 0) is 19.2 Å². The van der Waals surface area contributed by atoms with Gasteiger partial charge in [0.2, 0.25) is 23.6 Å². The minimum Gasteiger partial charge on any atom is -0.366 e. The lowest BCUT2D eigenvalue weighted by Crippen LogP contribution is -2.32. The Morgan fingerprint density at radius 1 is 0.533 bits per heavy atom. The van der Waals surface area contributed by atoms with Gasteiger partial charge in [-0.1, -0.05) is 26.3 Å². The SMILES string of the molecule is C=CC(N)=O.C=CC(N)=O.C=CC(N)=O.C=CC(N)=O.NCCNCCNCCN. The van der Waals surface area contributed by atoms with Crippen LogP contribution in [0, 0.1) is 0 Å². The summed E-state index contributed by atoms with van der Waals surface area (Å²) in [6.45, 7) is 17.5. The third-order valence-corrected chi connectivity index (χ3v) is 1.93. The molecule has 0 heterocycles. The topological polar surface area (TPSA) is 248 Å². The molecule has 0 aromatic heterocycles. The smallest absolute Gasteiger partial charge is 0.240 e. The highest BCUT2D eigenvalue weighted by Crippen LogP contribution is 1.57. The van der Waals surface area contributed by atoms with E-state index < -0.39 is 23.6 Å². The van der Waals surface area contributed by atoms with E-state index in [1.807, 2.05) is 0 Å². The fourth-order valence-corrected chi connectivity index (χ4v) is 0.631. The third-order valence-electron chi connectivity index (χ3n) is 1.93. The molecular formula is C18H38N8O4. The largest absolute Gasteiger partial charge is 0.366 e. The average molecular weight is 431 g/mol. The minimum absolute atomic E-state index is 0.481. The van der Waals surface area contributed by atoms with E-state index in [0.717, 1.165) is 50.5 Å². The van der Waals surface area contributed by atoms with E-state index in [1.165, 1.54) is 0 Å². The number of amides is 4. The summed E-state index contributed by atoms with van der Waals surface area (Å²) in [5, 5.41) is 6.33. The first-order chi connectivity index (χ1) is 14.0. The maximum absolute atomic E-state index is 9.47. The Labute approximate surface area is 178 Å². The van der Waals surface area contributed by atoms with Gasteiger partial charge < -0.3 is 45.0 Å². The normalized spacial score (nSPS) is 7.67. The molecule has 4 amide bonds.